The fourth-order valence-electron chi connectivity index (χ4n) is 5.17. The van der Waals surface area contributed by atoms with Crippen LogP contribution in [-0.4, -0.2) is 56.4 Å². The summed E-state index contributed by atoms with van der Waals surface area (Å²) in [5, 5.41) is 3.78. The molecule has 2 saturated carbocycles. The number of benzene rings is 1. The van der Waals surface area contributed by atoms with E-state index >= 15 is 0 Å². The van der Waals surface area contributed by atoms with E-state index in [1.807, 2.05) is 13.1 Å². The molecule has 1 aromatic carbocycles. The molecule has 3 fully saturated rings. The third kappa shape index (κ3) is 4.90. The highest BCUT2D eigenvalue weighted by atomic mass is 127. The first kappa shape index (κ1) is 22.8. The van der Waals surface area contributed by atoms with E-state index in [2.05, 4.69) is 46.4 Å². The van der Waals surface area contributed by atoms with Crippen molar-refractivity contribution >= 4 is 29.9 Å². The molecular formula is C23H36IN3O2. The van der Waals surface area contributed by atoms with Crippen LogP contribution >= 0.6 is 24.0 Å². The van der Waals surface area contributed by atoms with Gasteiger partial charge in [-0.05, 0) is 38.2 Å². The lowest BCUT2D eigenvalue weighted by molar-refractivity contribution is -0.168. The van der Waals surface area contributed by atoms with E-state index in [1.165, 1.54) is 31.2 Å². The Hall–Kier alpha value is -0.860. The average Bonchev–Trinajstić information content (AvgIpc) is 3.12. The summed E-state index contributed by atoms with van der Waals surface area (Å²) in [7, 11) is 1.91. The number of likely N-dealkylation sites (tertiary alicyclic amines) is 1. The van der Waals surface area contributed by atoms with Crippen molar-refractivity contribution < 1.29 is 9.47 Å². The SMILES string of the molecule is CCOC1CC(NC(=NC)N2CCC(COCc3ccccc3)C2)C12CCC2.I. The Bertz CT molecular complexity index is 665. The van der Waals surface area contributed by atoms with Crippen molar-refractivity contribution in [3.8, 4) is 0 Å². The molecule has 1 heterocycles. The highest BCUT2D eigenvalue weighted by Crippen LogP contribution is 2.57. The molecule has 0 radical (unpaired) electrons. The van der Waals surface area contributed by atoms with Crippen LogP contribution in [0.3, 0.4) is 0 Å². The van der Waals surface area contributed by atoms with Gasteiger partial charge in [-0.2, -0.15) is 0 Å². The second-order valence-corrected chi connectivity index (χ2v) is 8.61. The maximum Gasteiger partial charge on any atom is 0.193 e. The van der Waals surface area contributed by atoms with Crippen LogP contribution < -0.4 is 5.32 Å². The predicted molar refractivity (Wildman–Crippen MR) is 128 cm³/mol. The van der Waals surface area contributed by atoms with Crippen LogP contribution in [0.5, 0.6) is 0 Å². The minimum absolute atomic E-state index is 0. The summed E-state index contributed by atoms with van der Waals surface area (Å²) in [4.78, 5) is 7.01. The van der Waals surface area contributed by atoms with Crippen molar-refractivity contribution in [2.45, 2.75) is 57.8 Å². The molecule has 1 N–H and O–H groups in total. The summed E-state index contributed by atoms with van der Waals surface area (Å²) in [6.07, 6.45) is 6.66. The Labute approximate surface area is 192 Å². The first-order chi connectivity index (χ1) is 13.7. The number of rotatable bonds is 7. The van der Waals surface area contributed by atoms with Crippen molar-refractivity contribution in [1.29, 1.82) is 0 Å². The van der Waals surface area contributed by atoms with Gasteiger partial charge >= 0.3 is 0 Å². The minimum Gasteiger partial charge on any atom is -0.378 e. The number of hydrogen-bond acceptors (Lipinski definition) is 3. The molecule has 1 saturated heterocycles. The van der Waals surface area contributed by atoms with E-state index in [0.717, 1.165) is 38.7 Å². The van der Waals surface area contributed by atoms with Crippen LogP contribution in [0.1, 0.15) is 44.6 Å². The molecular weight excluding hydrogens is 477 g/mol. The lowest BCUT2D eigenvalue weighted by Crippen LogP contribution is -2.68. The molecule has 3 aliphatic rings. The lowest BCUT2D eigenvalue weighted by atomic mass is 9.51. The monoisotopic (exact) mass is 513 g/mol. The van der Waals surface area contributed by atoms with Gasteiger partial charge in [0.15, 0.2) is 5.96 Å². The molecule has 4 rings (SSSR count). The van der Waals surface area contributed by atoms with Crippen LogP contribution in [0, 0.1) is 11.3 Å². The molecule has 1 aromatic rings. The number of nitrogens with zero attached hydrogens (tertiary/aromatic N) is 2. The normalized spacial score (nSPS) is 27.9. The Morgan fingerprint density at radius 3 is 2.72 bits per heavy atom. The second-order valence-electron chi connectivity index (χ2n) is 8.61. The zero-order chi connectivity index (χ0) is 19.4. The van der Waals surface area contributed by atoms with Gasteiger partial charge in [-0.3, -0.25) is 4.99 Å². The molecule has 3 atom stereocenters. The number of nitrogens with one attached hydrogen (secondary N) is 1. The van der Waals surface area contributed by atoms with Crippen LogP contribution in [-0.2, 0) is 16.1 Å². The molecule has 1 aliphatic heterocycles. The van der Waals surface area contributed by atoms with Gasteiger partial charge in [0.25, 0.3) is 0 Å². The van der Waals surface area contributed by atoms with E-state index < -0.39 is 0 Å². The molecule has 3 unspecified atom stereocenters. The van der Waals surface area contributed by atoms with Gasteiger partial charge in [0.05, 0.1) is 19.3 Å². The summed E-state index contributed by atoms with van der Waals surface area (Å²) in [6, 6.07) is 10.9. The van der Waals surface area contributed by atoms with Crippen LogP contribution in [0.2, 0.25) is 0 Å². The number of halogens is 1. The van der Waals surface area contributed by atoms with Gasteiger partial charge in [0.1, 0.15) is 0 Å². The van der Waals surface area contributed by atoms with Crippen molar-refractivity contribution in [2.75, 3.05) is 33.4 Å². The Kier molecular flexibility index (Phi) is 8.22. The van der Waals surface area contributed by atoms with Crippen molar-refractivity contribution in [1.82, 2.24) is 10.2 Å². The van der Waals surface area contributed by atoms with E-state index in [0.29, 0.717) is 30.1 Å². The second kappa shape index (κ2) is 10.4. The Balaban J connectivity index is 0.00000240. The van der Waals surface area contributed by atoms with Gasteiger partial charge in [-0.25, -0.2) is 0 Å². The lowest BCUT2D eigenvalue weighted by Gasteiger charge is -2.61. The Morgan fingerprint density at radius 1 is 1.28 bits per heavy atom. The predicted octanol–water partition coefficient (Wildman–Crippen LogP) is 4.07. The topological polar surface area (TPSA) is 46.1 Å². The number of aliphatic imine (C=N–C) groups is 1. The standard InChI is InChI=1S/C23H35N3O2.HI/c1-3-28-21-14-20(23(21)11-7-12-23)25-22(24-2)26-13-10-19(15-26)17-27-16-18-8-5-4-6-9-18;/h4-6,8-9,19-21H,3,7,10-17H2,1-2H3,(H,24,25);1H. The highest BCUT2D eigenvalue weighted by Gasteiger charge is 2.59. The van der Waals surface area contributed by atoms with E-state index in [1.54, 1.807) is 0 Å². The van der Waals surface area contributed by atoms with Crippen molar-refractivity contribution in [2.24, 2.45) is 16.3 Å². The van der Waals surface area contributed by atoms with Gasteiger partial charge in [0, 0.05) is 44.1 Å². The molecule has 162 valence electrons. The summed E-state index contributed by atoms with van der Waals surface area (Å²) in [5.74, 6) is 1.65. The molecule has 2 aliphatic carbocycles. The Morgan fingerprint density at radius 2 is 2.07 bits per heavy atom. The van der Waals surface area contributed by atoms with Crippen molar-refractivity contribution in [3.05, 3.63) is 35.9 Å². The fraction of sp³-hybridized carbons (Fsp3) is 0.696. The summed E-state index contributed by atoms with van der Waals surface area (Å²) in [6.45, 7) is 6.55. The molecule has 0 amide bonds. The molecule has 29 heavy (non-hydrogen) atoms. The molecule has 0 bridgehead atoms. The average molecular weight is 513 g/mol. The fourth-order valence-corrected chi connectivity index (χ4v) is 5.17. The van der Waals surface area contributed by atoms with Crippen LogP contribution in [0.15, 0.2) is 35.3 Å². The summed E-state index contributed by atoms with van der Waals surface area (Å²) in [5.41, 5.74) is 1.61. The number of ether oxygens (including phenoxy) is 2. The molecule has 5 nitrogen and oxygen atoms in total. The summed E-state index contributed by atoms with van der Waals surface area (Å²) < 4.78 is 12.0. The summed E-state index contributed by atoms with van der Waals surface area (Å²) >= 11 is 0. The quantitative estimate of drug-likeness (QED) is 0.340. The maximum absolute atomic E-state index is 5.99. The maximum atomic E-state index is 5.99. The molecule has 0 aromatic heterocycles. The number of guanidine groups is 1. The molecule has 6 heteroatoms. The zero-order valence-electron chi connectivity index (χ0n) is 17.8. The first-order valence-electron chi connectivity index (χ1n) is 11.0. The van der Waals surface area contributed by atoms with Gasteiger partial charge in [-0.15, -0.1) is 24.0 Å². The van der Waals surface area contributed by atoms with E-state index in [9.17, 15) is 0 Å². The third-order valence-corrected chi connectivity index (χ3v) is 7.00. The van der Waals surface area contributed by atoms with Gasteiger partial charge in [-0.1, -0.05) is 36.8 Å². The number of hydrogen-bond donors (Lipinski definition) is 1. The third-order valence-electron chi connectivity index (χ3n) is 7.00. The van der Waals surface area contributed by atoms with E-state index in [4.69, 9.17) is 9.47 Å². The van der Waals surface area contributed by atoms with Crippen LogP contribution in [0.25, 0.3) is 0 Å². The first-order valence-corrected chi connectivity index (χ1v) is 11.0. The highest BCUT2D eigenvalue weighted by molar-refractivity contribution is 14.0. The molecule has 1 spiro atoms. The van der Waals surface area contributed by atoms with Gasteiger partial charge < -0.3 is 19.7 Å². The van der Waals surface area contributed by atoms with E-state index in [-0.39, 0.29) is 24.0 Å². The van der Waals surface area contributed by atoms with Crippen molar-refractivity contribution in [3.63, 3.8) is 0 Å². The minimum atomic E-state index is 0. The zero-order valence-corrected chi connectivity index (χ0v) is 20.1. The van der Waals surface area contributed by atoms with Crippen LogP contribution in [0.4, 0.5) is 0 Å². The van der Waals surface area contributed by atoms with Gasteiger partial charge in [0.2, 0.25) is 0 Å². The smallest absolute Gasteiger partial charge is 0.193 e. The largest absolute Gasteiger partial charge is 0.378 e.